The van der Waals surface area contributed by atoms with Crippen LogP contribution in [0, 0.1) is 6.92 Å². The molecule has 1 saturated heterocycles. The molecule has 0 unspecified atom stereocenters. The smallest absolute Gasteiger partial charge is 0.336 e. The molecule has 20 heavy (non-hydrogen) atoms. The molecule has 6 heteroatoms. The monoisotopic (exact) mass is 279 g/mol. The number of amides is 1. The Balaban J connectivity index is 1.95. The topological polar surface area (TPSA) is 76.1 Å². The maximum absolute atomic E-state index is 11.9. The van der Waals surface area contributed by atoms with Gasteiger partial charge in [0.05, 0.1) is 18.8 Å². The molecule has 0 aliphatic carbocycles. The summed E-state index contributed by atoms with van der Waals surface area (Å²) in [5.41, 5.74) is 0.839. The zero-order chi connectivity index (χ0) is 14.5. The van der Waals surface area contributed by atoms with Gasteiger partial charge >= 0.3 is 5.97 Å². The van der Waals surface area contributed by atoms with Crippen LogP contribution in [0.1, 0.15) is 15.9 Å². The molecule has 0 bridgehead atoms. The first kappa shape index (κ1) is 14.3. The first-order valence-corrected chi connectivity index (χ1v) is 6.40. The van der Waals surface area contributed by atoms with Crippen LogP contribution in [0.25, 0.3) is 0 Å². The fourth-order valence-electron chi connectivity index (χ4n) is 1.97. The quantitative estimate of drug-likeness (QED) is 0.887. The number of carbonyl (C=O) groups excluding carboxylic acids is 1. The summed E-state index contributed by atoms with van der Waals surface area (Å²) < 4.78 is 10.5. The molecule has 0 saturated carbocycles. The van der Waals surface area contributed by atoms with E-state index in [9.17, 15) is 9.59 Å². The highest BCUT2D eigenvalue weighted by Crippen LogP contribution is 2.17. The van der Waals surface area contributed by atoms with Gasteiger partial charge in [-0.1, -0.05) is 6.07 Å². The van der Waals surface area contributed by atoms with Crippen LogP contribution in [0.5, 0.6) is 5.75 Å². The fourth-order valence-corrected chi connectivity index (χ4v) is 1.97. The number of aromatic carboxylic acids is 1. The predicted octanol–water partition coefficient (Wildman–Crippen LogP) is 0.931. The van der Waals surface area contributed by atoms with E-state index in [0.717, 1.165) is 0 Å². The Morgan fingerprint density at radius 3 is 2.70 bits per heavy atom. The normalized spacial score (nSPS) is 14.9. The Kier molecular flexibility index (Phi) is 4.57. The van der Waals surface area contributed by atoms with Gasteiger partial charge in [-0.05, 0) is 24.6 Å². The van der Waals surface area contributed by atoms with Gasteiger partial charge in [0.1, 0.15) is 5.75 Å². The van der Waals surface area contributed by atoms with Gasteiger partial charge < -0.3 is 19.5 Å². The number of carboxylic acid groups (broad SMARTS) is 1. The van der Waals surface area contributed by atoms with Crippen LogP contribution >= 0.6 is 0 Å². The Bertz CT molecular complexity index is 508. The van der Waals surface area contributed by atoms with E-state index < -0.39 is 5.97 Å². The van der Waals surface area contributed by atoms with Gasteiger partial charge in [-0.3, -0.25) is 4.79 Å². The van der Waals surface area contributed by atoms with Gasteiger partial charge in [0.15, 0.2) is 6.61 Å². The average molecular weight is 279 g/mol. The summed E-state index contributed by atoms with van der Waals surface area (Å²) in [6.07, 6.45) is 0. The van der Waals surface area contributed by atoms with Crippen LogP contribution < -0.4 is 4.74 Å². The molecule has 1 aromatic carbocycles. The summed E-state index contributed by atoms with van der Waals surface area (Å²) in [7, 11) is 0. The number of nitrogens with zero attached hydrogens (tertiary/aromatic N) is 1. The van der Waals surface area contributed by atoms with Crippen molar-refractivity contribution in [1.82, 2.24) is 4.90 Å². The highest BCUT2D eigenvalue weighted by Gasteiger charge is 2.17. The number of aryl methyl sites for hydroxylation is 1. The average Bonchev–Trinajstić information content (AvgIpc) is 2.46. The molecule has 0 radical (unpaired) electrons. The Morgan fingerprint density at radius 1 is 1.35 bits per heavy atom. The Labute approximate surface area is 116 Å². The van der Waals surface area contributed by atoms with Crippen molar-refractivity contribution < 1.29 is 24.2 Å². The van der Waals surface area contributed by atoms with Crippen molar-refractivity contribution in [1.29, 1.82) is 0 Å². The molecule has 6 nitrogen and oxygen atoms in total. The highest BCUT2D eigenvalue weighted by atomic mass is 16.5. The predicted molar refractivity (Wildman–Crippen MR) is 71.0 cm³/mol. The standard InChI is InChI=1S/C14H17NO5/c1-10-2-3-11(8-12(10)14(17)18)20-9-13(16)15-4-6-19-7-5-15/h2-3,8H,4-7,9H2,1H3,(H,17,18). The van der Waals surface area contributed by atoms with E-state index in [1.54, 1.807) is 24.0 Å². The lowest BCUT2D eigenvalue weighted by atomic mass is 10.1. The Morgan fingerprint density at radius 2 is 2.05 bits per heavy atom. The van der Waals surface area contributed by atoms with Crippen molar-refractivity contribution in [3.63, 3.8) is 0 Å². The lowest BCUT2D eigenvalue weighted by molar-refractivity contribution is -0.137. The molecule has 0 spiro atoms. The Hall–Kier alpha value is -2.08. The molecule has 1 aromatic rings. The minimum absolute atomic E-state index is 0.0951. The van der Waals surface area contributed by atoms with Crippen molar-refractivity contribution in [2.75, 3.05) is 32.9 Å². The number of hydrogen-bond donors (Lipinski definition) is 1. The zero-order valence-electron chi connectivity index (χ0n) is 11.3. The number of benzene rings is 1. The van der Waals surface area contributed by atoms with Crippen LogP contribution in [0.15, 0.2) is 18.2 Å². The van der Waals surface area contributed by atoms with Crippen molar-refractivity contribution in [3.05, 3.63) is 29.3 Å². The molecule has 1 fully saturated rings. The molecule has 1 aliphatic heterocycles. The van der Waals surface area contributed by atoms with E-state index in [1.807, 2.05) is 0 Å². The maximum atomic E-state index is 11.9. The lowest BCUT2D eigenvalue weighted by Crippen LogP contribution is -2.42. The van der Waals surface area contributed by atoms with Gasteiger partial charge in [-0.15, -0.1) is 0 Å². The summed E-state index contributed by atoms with van der Waals surface area (Å²) in [5, 5.41) is 9.03. The van der Waals surface area contributed by atoms with Crippen LogP contribution in [0.3, 0.4) is 0 Å². The number of morpholine rings is 1. The van der Waals surface area contributed by atoms with Gasteiger partial charge in [-0.2, -0.15) is 0 Å². The molecule has 0 atom stereocenters. The summed E-state index contributed by atoms with van der Waals surface area (Å²) in [6.45, 7) is 3.83. The molecule has 0 aromatic heterocycles. The van der Waals surface area contributed by atoms with E-state index in [-0.39, 0.29) is 18.1 Å². The number of carboxylic acids is 1. The van der Waals surface area contributed by atoms with Crippen molar-refractivity contribution >= 4 is 11.9 Å². The minimum Gasteiger partial charge on any atom is -0.484 e. The second-order valence-electron chi connectivity index (χ2n) is 4.56. The second-order valence-corrected chi connectivity index (χ2v) is 4.56. The van der Waals surface area contributed by atoms with Crippen molar-refractivity contribution in [2.45, 2.75) is 6.92 Å². The number of ether oxygens (including phenoxy) is 2. The molecule has 1 N–H and O–H groups in total. The molecular weight excluding hydrogens is 262 g/mol. The number of rotatable bonds is 4. The number of hydrogen-bond acceptors (Lipinski definition) is 4. The van der Waals surface area contributed by atoms with Crippen molar-refractivity contribution in [2.24, 2.45) is 0 Å². The SMILES string of the molecule is Cc1ccc(OCC(=O)N2CCOCC2)cc1C(=O)O. The van der Waals surface area contributed by atoms with Crippen LogP contribution in [0.2, 0.25) is 0 Å². The molecular formula is C14H17NO5. The minimum atomic E-state index is -1.01. The van der Waals surface area contributed by atoms with E-state index in [0.29, 0.717) is 37.6 Å². The lowest BCUT2D eigenvalue weighted by Gasteiger charge is -2.26. The van der Waals surface area contributed by atoms with E-state index in [2.05, 4.69) is 0 Å². The van der Waals surface area contributed by atoms with Crippen LogP contribution in [0.4, 0.5) is 0 Å². The van der Waals surface area contributed by atoms with Crippen LogP contribution in [-0.2, 0) is 9.53 Å². The van der Waals surface area contributed by atoms with Gasteiger partial charge in [-0.25, -0.2) is 4.79 Å². The summed E-state index contributed by atoms with van der Waals surface area (Å²) in [4.78, 5) is 24.6. The third kappa shape index (κ3) is 3.48. The molecule has 1 aliphatic rings. The van der Waals surface area contributed by atoms with Gasteiger partial charge in [0, 0.05) is 13.1 Å². The van der Waals surface area contributed by atoms with Gasteiger partial charge in [0.25, 0.3) is 5.91 Å². The van der Waals surface area contributed by atoms with E-state index >= 15 is 0 Å². The molecule has 1 heterocycles. The highest BCUT2D eigenvalue weighted by molar-refractivity contribution is 5.89. The van der Waals surface area contributed by atoms with Crippen molar-refractivity contribution in [3.8, 4) is 5.75 Å². The molecule has 1 amide bonds. The molecule has 108 valence electrons. The fraction of sp³-hybridized carbons (Fsp3) is 0.429. The van der Waals surface area contributed by atoms with E-state index in [1.165, 1.54) is 6.07 Å². The maximum Gasteiger partial charge on any atom is 0.336 e. The third-order valence-corrected chi connectivity index (χ3v) is 3.17. The van der Waals surface area contributed by atoms with E-state index in [4.69, 9.17) is 14.6 Å². The van der Waals surface area contributed by atoms with Crippen LogP contribution in [-0.4, -0.2) is 54.8 Å². The first-order chi connectivity index (χ1) is 9.58. The molecule has 2 rings (SSSR count). The summed E-state index contributed by atoms with van der Waals surface area (Å²) in [6, 6.07) is 4.76. The second kappa shape index (κ2) is 6.38. The summed E-state index contributed by atoms with van der Waals surface area (Å²) >= 11 is 0. The zero-order valence-corrected chi connectivity index (χ0v) is 11.3. The largest absolute Gasteiger partial charge is 0.484 e. The number of carbonyl (C=O) groups is 2. The van der Waals surface area contributed by atoms with Gasteiger partial charge in [0.2, 0.25) is 0 Å². The summed E-state index contributed by atoms with van der Waals surface area (Å²) in [5.74, 6) is -0.743. The third-order valence-electron chi connectivity index (χ3n) is 3.17. The first-order valence-electron chi connectivity index (χ1n) is 6.40.